The summed E-state index contributed by atoms with van der Waals surface area (Å²) >= 11 is 0. The summed E-state index contributed by atoms with van der Waals surface area (Å²) in [5, 5.41) is 0. The van der Waals surface area contributed by atoms with Gasteiger partial charge in [0, 0.05) is 24.9 Å². The second-order valence-electron chi connectivity index (χ2n) is 4.53. The maximum absolute atomic E-state index is 8.12. The molecule has 1 aliphatic carbocycles. The minimum absolute atomic E-state index is 0.250. The lowest BCUT2D eigenvalue weighted by Crippen LogP contribution is -2.20. The highest BCUT2D eigenvalue weighted by molar-refractivity contribution is 5.71. The van der Waals surface area contributed by atoms with E-state index in [2.05, 4.69) is 50.1 Å². The predicted molar refractivity (Wildman–Crippen MR) is 75.4 cm³/mol. The summed E-state index contributed by atoms with van der Waals surface area (Å²) in [6.45, 7) is 5.53. The van der Waals surface area contributed by atoms with Gasteiger partial charge in [-0.15, -0.1) is 0 Å². The maximum atomic E-state index is 8.12. The number of fused-ring (bicyclic) bond motifs is 1. The van der Waals surface area contributed by atoms with Gasteiger partial charge in [0.2, 0.25) is 0 Å². The molecule has 1 aromatic rings. The van der Waals surface area contributed by atoms with E-state index < -0.39 is 0 Å². The molecule has 0 aliphatic heterocycles. The van der Waals surface area contributed by atoms with E-state index in [1.165, 1.54) is 35.2 Å². The van der Waals surface area contributed by atoms with Gasteiger partial charge in [-0.3, -0.25) is 0 Å². The van der Waals surface area contributed by atoms with Crippen molar-refractivity contribution in [3.8, 4) is 0 Å². The molecular formula is C16H21NO2. The Morgan fingerprint density at radius 1 is 1.26 bits per heavy atom. The molecule has 0 spiro atoms. The monoisotopic (exact) mass is 259 g/mol. The van der Waals surface area contributed by atoms with Crippen LogP contribution < -0.4 is 0 Å². The zero-order chi connectivity index (χ0) is 14.3. The van der Waals surface area contributed by atoms with Crippen LogP contribution in [0.2, 0.25) is 0 Å². The second-order valence-corrected chi connectivity index (χ2v) is 4.53. The highest BCUT2D eigenvalue weighted by atomic mass is 16.2. The minimum Gasteiger partial charge on any atom is -0.375 e. The van der Waals surface area contributed by atoms with Gasteiger partial charge in [-0.05, 0) is 37.3 Å². The highest BCUT2D eigenvalue weighted by Crippen LogP contribution is 2.31. The fourth-order valence-electron chi connectivity index (χ4n) is 2.47. The van der Waals surface area contributed by atoms with Crippen LogP contribution in [0.1, 0.15) is 37.0 Å². The molecule has 0 heterocycles. The molecule has 0 saturated carbocycles. The van der Waals surface area contributed by atoms with Crippen LogP contribution in [0.25, 0.3) is 5.70 Å². The van der Waals surface area contributed by atoms with Gasteiger partial charge in [0.25, 0.3) is 0 Å². The van der Waals surface area contributed by atoms with Gasteiger partial charge < -0.3 is 4.90 Å². The first-order chi connectivity index (χ1) is 9.19. The number of carbonyl (C=O) groups excluding carboxylic acids is 2. The summed E-state index contributed by atoms with van der Waals surface area (Å²) in [4.78, 5) is 18.6. The van der Waals surface area contributed by atoms with Crippen molar-refractivity contribution in [2.24, 2.45) is 0 Å². The third-order valence-electron chi connectivity index (χ3n) is 3.51. The molecule has 19 heavy (non-hydrogen) atoms. The van der Waals surface area contributed by atoms with Crippen molar-refractivity contribution in [2.75, 3.05) is 13.6 Å². The Labute approximate surface area is 114 Å². The Kier molecular flexibility index (Phi) is 6.04. The van der Waals surface area contributed by atoms with Crippen LogP contribution in [0.3, 0.4) is 0 Å². The smallest absolute Gasteiger partial charge is 0.373 e. The second kappa shape index (κ2) is 7.55. The SMILES string of the molecule is CCc1cccc2c1C(N(C)CC)=CCC2.O=C=O. The number of allylic oxidation sites excluding steroid dienone is 1. The van der Waals surface area contributed by atoms with E-state index in [-0.39, 0.29) is 6.15 Å². The molecule has 102 valence electrons. The largest absolute Gasteiger partial charge is 0.375 e. The average molecular weight is 259 g/mol. The van der Waals surface area contributed by atoms with Crippen molar-refractivity contribution < 1.29 is 9.59 Å². The van der Waals surface area contributed by atoms with E-state index >= 15 is 0 Å². The normalized spacial score (nSPS) is 12.5. The number of rotatable bonds is 3. The predicted octanol–water partition coefficient (Wildman–Crippen LogP) is 2.90. The quantitative estimate of drug-likeness (QED) is 0.837. The summed E-state index contributed by atoms with van der Waals surface area (Å²) in [7, 11) is 2.19. The van der Waals surface area contributed by atoms with E-state index in [0.29, 0.717) is 0 Å². The van der Waals surface area contributed by atoms with Gasteiger partial charge in [0.15, 0.2) is 0 Å². The number of hydrogen-bond acceptors (Lipinski definition) is 3. The lowest BCUT2D eigenvalue weighted by atomic mass is 9.89. The lowest BCUT2D eigenvalue weighted by Gasteiger charge is -2.28. The van der Waals surface area contributed by atoms with Crippen molar-refractivity contribution in [3.63, 3.8) is 0 Å². The molecule has 0 fully saturated rings. The third kappa shape index (κ3) is 3.55. The molecule has 0 bridgehead atoms. The van der Waals surface area contributed by atoms with E-state index in [0.717, 1.165) is 13.0 Å². The van der Waals surface area contributed by atoms with E-state index in [1.807, 2.05) is 0 Å². The molecule has 0 radical (unpaired) electrons. The molecular weight excluding hydrogens is 238 g/mol. The molecule has 1 aliphatic rings. The Bertz CT molecular complexity index is 486. The van der Waals surface area contributed by atoms with Gasteiger partial charge in [0.1, 0.15) is 0 Å². The molecule has 0 saturated heterocycles. The maximum Gasteiger partial charge on any atom is 0.373 e. The van der Waals surface area contributed by atoms with Gasteiger partial charge in [0.05, 0.1) is 0 Å². The summed E-state index contributed by atoms with van der Waals surface area (Å²) in [6, 6.07) is 6.75. The molecule has 0 amide bonds. The van der Waals surface area contributed by atoms with Gasteiger partial charge >= 0.3 is 6.15 Å². The van der Waals surface area contributed by atoms with Crippen molar-refractivity contribution in [3.05, 3.63) is 41.0 Å². The van der Waals surface area contributed by atoms with Crippen molar-refractivity contribution in [1.29, 1.82) is 0 Å². The molecule has 0 unspecified atom stereocenters. The fourth-order valence-corrected chi connectivity index (χ4v) is 2.47. The van der Waals surface area contributed by atoms with Crippen LogP contribution in [-0.4, -0.2) is 24.6 Å². The first kappa shape index (κ1) is 15.2. The third-order valence-corrected chi connectivity index (χ3v) is 3.51. The summed E-state index contributed by atoms with van der Waals surface area (Å²) in [5.74, 6) is 0. The summed E-state index contributed by atoms with van der Waals surface area (Å²) in [6.07, 6.45) is 6.15. The molecule has 1 aromatic carbocycles. The van der Waals surface area contributed by atoms with Crippen molar-refractivity contribution in [1.82, 2.24) is 4.90 Å². The molecule has 0 atom stereocenters. The van der Waals surface area contributed by atoms with Gasteiger partial charge in [-0.25, -0.2) is 0 Å². The van der Waals surface area contributed by atoms with Crippen LogP contribution >= 0.6 is 0 Å². The zero-order valence-corrected chi connectivity index (χ0v) is 11.9. The van der Waals surface area contributed by atoms with Gasteiger partial charge in [-0.1, -0.05) is 31.2 Å². The summed E-state index contributed by atoms with van der Waals surface area (Å²) < 4.78 is 0. The number of hydrogen-bond donors (Lipinski definition) is 0. The van der Waals surface area contributed by atoms with Crippen LogP contribution in [0.15, 0.2) is 24.3 Å². The van der Waals surface area contributed by atoms with Crippen molar-refractivity contribution in [2.45, 2.75) is 33.1 Å². The minimum atomic E-state index is 0.250. The van der Waals surface area contributed by atoms with Crippen LogP contribution in [0.5, 0.6) is 0 Å². The molecule has 3 heteroatoms. The van der Waals surface area contributed by atoms with Crippen molar-refractivity contribution >= 4 is 11.8 Å². The first-order valence-electron chi connectivity index (χ1n) is 6.71. The Morgan fingerprint density at radius 3 is 2.53 bits per heavy atom. The number of benzene rings is 1. The summed E-state index contributed by atoms with van der Waals surface area (Å²) in [5.41, 5.74) is 5.95. The van der Waals surface area contributed by atoms with Gasteiger partial charge in [-0.2, -0.15) is 9.59 Å². The molecule has 2 rings (SSSR count). The average Bonchev–Trinajstić information content (AvgIpc) is 2.46. The van der Waals surface area contributed by atoms with E-state index in [9.17, 15) is 0 Å². The Balaban J connectivity index is 0.000000550. The lowest BCUT2D eigenvalue weighted by molar-refractivity contribution is -0.191. The number of nitrogens with zero attached hydrogens (tertiary/aromatic N) is 1. The molecule has 0 aromatic heterocycles. The standard InChI is InChI=1S/C15H21N.CO2/c1-4-12-8-6-9-13-10-7-11-14(15(12)13)16(3)5-2;2-1-3/h6,8-9,11H,4-5,7,10H2,1-3H3;. The first-order valence-corrected chi connectivity index (χ1v) is 6.71. The zero-order valence-electron chi connectivity index (χ0n) is 11.9. The van der Waals surface area contributed by atoms with Crippen LogP contribution in [0.4, 0.5) is 0 Å². The Morgan fingerprint density at radius 2 is 1.95 bits per heavy atom. The molecule has 3 nitrogen and oxygen atoms in total. The molecule has 0 N–H and O–H groups in total. The number of aryl methyl sites for hydroxylation is 2. The van der Waals surface area contributed by atoms with E-state index in [1.54, 1.807) is 0 Å². The highest BCUT2D eigenvalue weighted by Gasteiger charge is 2.17. The Hall–Kier alpha value is -1.86. The van der Waals surface area contributed by atoms with Crippen LogP contribution in [0, 0.1) is 0 Å². The topological polar surface area (TPSA) is 37.4 Å². The fraction of sp³-hybridized carbons (Fsp3) is 0.438. The van der Waals surface area contributed by atoms with E-state index in [4.69, 9.17) is 9.59 Å². The van der Waals surface area contributed by atoms with Crippen LogP contribution in [-0.2, 0) is 22.4 Å².